The number of amides is 2. The summed E-state index contributed by atoms with van der Waals surface area (Å²) in [6.45, 7) is 5.07. The van der Waals surface area contributed by atoms with E-state index < -0.39 is 28.5 Å². The molecule has 1 aliphatic rings. The molecule has 0 saturated heterocycles. The zero-order valence-electron chi connectivity index (χ0n) is 21.5. The number of carbonyl (C=O) groups excluding carboxylic acids is 2. The number of benzene rings is 2. The fraction of sp³-hybridized carbons (Fsp3) is 0.481. The summed E-state index contributed by atoms with van der Waals surface area (Å²) in [4.78, 5) is 28.3. The normalized spacial score (nSPS) is 15.2. The first-order chi connectivity index (χ1) is 17.0. The van der Waals surface area contributed by atoms with Crippen LogP contribution in [0.2, 0.25) is 5.02 Å². The Balaban J connectivity index is 1.90. The lowest BCUT2D eigenvalue weighted by molar-refractivity contribution is -0.139. The van der Waals surface area contributed by atoms with Gasteiger partial charge in [0.2, 0.25) is 21.8 Å². The number of halogens is 1. The van der Waals surface area contributed by atoms with E-state index in [9.17, 15) is 18.0 Å². The highest BCUT2D eigenvalue weighted by atomic mass is 35.5. The van der Waals surface area contributed by atoms with Gasteiger partial charge in [-0.1, -0.05) is 66.8 Å². The third-order valence-electron chi connectivity index (χ3n) is 6.72. The number of carbonyl (C=O) groups is 2. The van der Waals surface area contributed by atoms with Gasteiger partial charge in [-0.15, -0.1) is 0 Å². The molecule has 1 aliphatic carbocycles. The van der Waals surface area contributed by atoms with Crippen molar-refractivity contribution in [3.05, 3.63) is 64.2 Å². The predicted molar refractivity (Wildman–Crippen MR) is 145 cm³/mol. The smallest absolute Gasteiger partial charge is 0.244 e. The minimum Gasteiger partial charge on any atom is -0.352 e. The van der Waals surface area contributed by atoms with Crippen molar-refractivity contribution in [1.29, 1.82) is 0 Å². The number of hydrogen-bond donors (Lipinski definition) is 1. The van der Waals surface area contributed by atoms with E-state index in [4.69, 9.17) is 11.6 Å². The molecule has 2 aromatic rings. The van der Waals surface area contributed by atoms with Crippen LogP contribution in [0.4, 0.5) is 5.69 Å². The number of nitrogens with zero attached hydrogens (tertiary/aromatic N) is 2. The SMILES string of the molecule is Cc1ccc(N(CC(=O)N(Cc2ccccc2Cl)[C@H](C)C(=O)NC2CCCCC2)S(C)(=O)=O)c(C)c1. The van der Waals surface area contributed by atoms with Crippen LogP contribution < -0.4 is 9.62 Å². The topological polar surface area (TPSA) is 86.8 Å². The van der Waals surface area contributed by atoms with Crippen molar-refractivity contribution in [1.82, 2.24) is 10.2 Å². The molecule has 0 bridgehead atoms. The molecule has 0 spiro atoms. The summed E-state index contributed by atoms with van der Waals surface area (Å²) in [7, 11) is -3.77. The summed E-state index contributed by atoms with van der Waals surface area (Å²) in [6, 6.07) is 11.8. The largest absolute Gasteiger partial charge is 0.352 e. The third kappa shape index (κ3) is 7.23. The maximum Gasteiger partial charge on any atom is 0.244 e. The molecule has 196 valence electrons. The molecule has 2 amide bonds. The first-order valence-electron chi connectivity index (χ1n) is 12.4. The number of hydrogen-bond acceptors (Lipinski definition) is 4. The molecular formula is C27H36ClN3O4S. The van der Waals surface area contributed by atoms with E-state index in [-0.39, 0.29) is 18.5 Å². The minimum absolute atomic E-state index is 0.0856. The number of aryl methyl sites for hydroxylation is 2. The van der Waals surface area contributed by atoms with Crippen LogP contribution in [0, 0.1) is 13.8 Å². The van der Waals surface area contributed by atoms with E-state index in [0.717, 1.165) is 47.4 Å². The number of nitrogens with one attached hydrogen (secondary N) is 1. The van der Waals surface area contributed by atoms with Gasteiger partial charge in [-0.25, -0.2) is 8.42 Å². The van der Waals surface area contributed by atoms with Crippen molar-refractivity contribution in [3.63, 3.8) is 0 Å². The van der Waals surface area contributed by atoms with Gasteiger partial charge in [-0.05, 0) is 56.9 Å². The lowest BCUT2D eigenvalue weighted by Gasteiger charge is -2.33. The maximum atomic E-state index is 13.7. The molecule has 1 N–H and O–H groups in total. The molecule has 1 fully saturated rings. The van der Waals surface area contributed by atoms with Crippen LogP contribution >= 0.6 is 11.6 Å². The summed E-state index contributed by atoms with van der Waals surface area (Å²) >= 11 is 6.38. The Bertz CT molecular complexity index is 1200. The second-order valence-electron chi connectivity index (χ2n) is 9.69. The van der Waals surface area contributed by atoms with Crippen LogP contribution in [0.3, 0.4) is 0 Å². The highest BCUT2D eigenvalue weighted by molar-refractivity contribution is 7.92. The molecule has 3 rings (SSSR count). The first-order valence-corrected chi connectivity index (χ1v) is 14.6. The van der Waals surface area contributed by atoms with Gasteiger partial charge in [0.25, 0.3) is 0 Å². The molecule has 0 heterocycles. The zero-order chi connectivity index (χ0) is 26.5. The van der Waals surface area contributed by atoms with E-state index in [1.807, 2.05) is 32.0 Å². The minimum atomic E-state index is -3.77. The standard InChI is InChI=1S/C27H36ClN3O4S/c1-19-14-15-25(20(2)16-19)31(36(4,34)35)18-26(32)30(17-22-10-8-9-13-24(22)28)21(3)27(33)29-23-11-6-5-7-12-23/h8-10,13-16,21,23H,5-7,11-12,17-18H2,1-4H3,(H,29,33)/t21-/m1/s1. The molecule has 7 nitrogen and oxygen atoms in total. The quantitative estimate of drug-likeness (QED) is 0.511. The van der Waals surface area contributed by atoms with Crippen LogP contribution in [0.15, 0.2) is 42.5 Å². The molecule has 0 unspecified atom stereocenters. The highest BCUT2D eigenvalue weighted by Crippen LogP contribution is 2.25. The van der Waals surface area contributed by atoms with Gasteiger partial charge in [0, 0.05) is 17.6 Å². The molecule has 1 saturated carbocycles. The van der Waals surface area contributed by atoms with Gasteiger partial charge in [0.05, 0.1) is 11.9 Å². The van der Waals surface area contributed by atoms with Gasteiger partial charge in [0.1, 0.15) is 12.6 Å². The van der Waals surface area contributed by atoms with E-state index in [1.54, 1.807) is 31.2 Å². The van der Waals surface area contributed by atoms with Gasteiger partial charge in [0.15, 0.2) is 0 Å². The van der Waals surface area contributed by atoms with Crippen molar-refractivity contribution in [3.8, 4) is 0 Å². The molecule has 1 atom stereocenters. The maximum absolute atomic E-state index is 13.7. The van der Waals surface area contributed by atoms with Gasteiger partial charge in [-0.2, -0.15) is 0 Å². The Hall–Kier alpha value is -2.58. The van der Waals surface area contributed by atoms with E-state index in [0.29, 0.717) is 16.3 Å². The average Bonchev–Trinajstić information content (AvgIpc) is 2.82. The molecule has 9 heteroatoms. The highest BCUT2D eigenvalue weighted by Gasteiger charge is 2.31. The Morgan fingerprint density at radius 2 is 1.75 bits per heavy atom. The molecule has 0 radical (unpaired) electrons. The molecule has 2 aromatic carbocycles. The fourth-order valence-electron chi connectivity index (χ4n) is 4.64. The van der Waals surface area contributed by atoms with Gasteiger partial charge in [-0.3, -0.25) is 13.9 Å². The summed E-state index contributed by atoms with van der Waals surface area (Å²) in [5.74, 6) is -0.730. The molecular weight excluding hydrogens is 498 g/mol. The monoisotopic (exact) mass is 533 g/mol. The van der Waals surface area contributed by atoms with Gasteiger partial charge < -0.3 is 10.2 Å². The zero-order valence-corrected chi connectivity index (χ0v) is 23.0. The third-order valence-corrected chi connectivity index (χ3v) is 8.21. The predicted octanol–water partition coefficient (Wildman–Crippen LogP) is 4.59. The van der Waals surface area contributed by atoms with Crippen molar-refractivity contribution in [2.24, 2.45) is 0 Å². The lowest BCUT2D eigenvalue weighted by Crippen LogP contribution is -2.53. The second kappa shape index (κ2) is 12.1. The van der Waals surface area contributed by atoms with Crippen LogP contribution in [-0.2, 0) is 26.2 Å². The summed E-state index contributed by atoms with van der Waals surface area (Å²) in [5.41, 5.74) is 2.86. The number of anilines is 1. The van der Waals surface area contributed by atoms with Crippen LogP contribution in [-0.4, -0.2) is 50.0 Å². The summed E-state index contributed by atoms with van der Waals surface area (Å²) in [6.07, 6.45) is 6.23. The Morgan fingerprint density at radius 1 is 1.08 bits per heavy atom. The van der Waals surface area contributed by atoms with Crippen molar-refractivity contribution in [2.45, 2.75) is 71.5 Å². The fourth-order valence-corrected chi connectivity index (χ4v) is 5.74. The van der Waals surface area contributed by atoms with Crippen molar-refractivity contribution < 1.29 is 18.0 Å². The Kier molecular flexibility index (Phi) is 9.41. The molecule has 0 aromatic heterocycles. The first kappa shape index (κ1) is 28.0. The van der Waals surface area contributed by atoms with Crippen molar-refractivity contribution in [2.75, 3.05) is 17.1 Å². The second-order valence-corrected chi connectivity index (χ2v) is 12.0. The Labute approximate surface area is 219 Å². The van der Waals surface area contributed by atoms with Crippen LogP contribution in [0.25, 0.3) is 0 Å². The van der Waals surface area contributed by atoms with E-state index in [1.165, 1.54) is 11.3 Å². The number of rotatable bonds is 9. The van der Waals surface area contributed by atoms with Crippen LogP contribution in [0.5, 0.6) is 0 Å². The van der Waals surface area contributed by atoms with Crippen molar-refractivity contribution >= 4 is 39.1 Å². The van der Waals surface area contributed by atoms with E-state index >= 15 is 0 Å². The van der Waals surface area contributed by atoms with Crippen LogP contribution in [0.1, 0.15) is 55.7 Å². The summed E-state index contributed by atoms with van der Waals surface area (Å²) in [5, 5.41) is 3.56. The lowest BCUT2D eigenvalue weighted by atomic mass is 9.95. The average molecular weight is 534 g/mol. The Morgan fingerprint density at radius 3 is 2.36 bits per heavy atom. The van der Waals surface area contributed by atoms with Gasteiger partial charge >= 0.3 is 0 Å². The summed E-state index contributed by atoms with van der Waals surface area (Å²) < 4.78 is 26.6. The molecule has 0 aliphatic heterocycles. The van der Waals surface area contributed by atoms with E-state index in [2.05, 4.69) is 5.32 Å². The molecule has 36 heavy (non-hydrogen) atoms. The number of sulfonamides is 1.